The van der Waals surface area contributed by atoms with Crippen LogP contribution in [-0.4, -0.2) is 24.1 Å². The molecule has 1 fully saturated rings. The quantitative estimate of drug-likeness (QED) is 0.709. The Labute approximate surface area is 132 Å². The summed E-state index contributed by atoms with van der Waals surface area (Å²) in [5.41, 5.74) is 3.94. The van der Waals surface area contributed by atoms with Crippen LogP contribution in [0.3, 0.4) is 0 Å². The van der Waals surface area contributed by atoms with E-state index < -0.39 is 0 Å². The summed E-state index contributed by atoms with van der Waals surface area (Å²) in [7, 11) is 2.25. The maximum absolute atomic E-state index is 6.51. The summed E-state index contributed by atoms with van der Waals surface area (Å²) in [6.45, 7) is 0.995. The predicted octanol–water partition coefficient (Wildman–Crippen LogP) is 4.49. The van der Waals surface area contributed by atoms with Gasteiger partial charge in [-0.25, -0.2) is 0 Å². The third-order valence-corrected chi connectivity index (χ3v) is 5.13. The van der Waals surface area contributed by atoms with E-state index in [1.54, 1.807) is 0 Å². The maximum atomic E-state index is 6.51. The molecule has 0 aromatic heterocycles. The van der Waals surface area contributed by atoms with Crippen LogP contribution in [0.2, 0.25) is 0 Å². The topological polar surface area (TPSA) is 12.5 Å². The summed E-state index contributed by atoms with van der Waals surface area (Å²) < 4.78 is 6.51. The number of ether oxygens (including phenoxy) is 1. The molecule has 1 saturated carbocycles. The fourth-order valence-electron chi connectivity index (χ4n) is 3.98. The van der Waals surface area contributed by atoms with Gasteiger partial charge in [0.05, 0.1) is 0 Å². The first kappa shape index (κ1) is 13.8. The Morgan fingerprint density at radius 1 is 0.909 bits per heavy atom. The van der Waals surface area contributed by atoms with Gasteiger partial charge in [0.2, 0.25) is 0 Å². The smallest absolute Gasteiger partial charge is 0.127 e. The molecule has 4 rings (SSSR count). The minimum Gasteiger partial charge on any atom is -0.488 e. The van der Waals surface area contributed by atoms with Crippen LogP contribution in [0.15, 0.2) is 48.5 Å². The minimum atomic E-state index is 0.314. The minimum absolute atomic E-state index is 0.314. The van der Waals surface area contributed by atoms with Gasteiger partial charge in [0, 0.05) is 18.2 Å². The Bertz CT molecular complexity index is 666. The summed E-state index contributed by atoms with van der Waals surface area (Å²) in [6, 6.07) is 17.8. The van der Waals surface area contributed by atoms with Crippen molar-refractivity contribution in [3.63, 3.8) is 0 Å². The fraction of sp³-hybridized carbons (Fsp3) is 0.400. The number of likely N-dealkylation sites (N-methyl/N-ethyl adjacent to an activating group) is 1. The van der Waals surface area contributed by atoms with Gasteiger partial charge >= 0.3 is 0 Å². The second kappa shape index (κ2) is 5.77. The van der Waals surface area contributed by atoms with Crippen LogP contribution < -0.4 is 4.74 Å². The lowest BCUT2D eigenvalue weighted by atomic mass is 9.91. The Balaban J connectivity index is 1.85. The van der Waals surface area contributed by atoms with Crippen LogP contribution in [0.5, 0.6) is 5.75 Å². The molecule has 0 radical (unpaired) electrons. The van der Waals surface area contributed by atoms with E-state index in [9.17, 15) is 0 Å². The lowest BCUT2D eigenvalue weighted by Gasteiger charge is -2.37. The van der Waals surface area contributed by atoms with Crippen LogP contribution in [0.1, 0.15) is 31.2 Å². The molecule has 2 aliphatic rings. The monoisotopic (exact) mass is 293 g/mol. The van der Waals surface area contributed by atoms with Gasteiger partial charge < -0.3 is 4.74 Å². The zero-order chi connectivity index (χ0) is 14.9. The molecule has 0 bridgehead atoms. The molecule has 0 amide bonds. The Kier molecular flexibility index (Phi) is 3.63. The highest BCUT2D eigenvalue weighted by Gasteiger charge is 2.32. The van der Waals surface area contributed by atoms with Gasteiger partial charge in [0.1, 0.15) is 11.9 Å². The van der Waals surface area contributed by atoms with Gasteiger partial charge in [-0.2, -0.15) is 0 Å². The van der Waals surface area contributed by atoms with Gasteiger partial charge in [-0.3, -0.25) is 4.90 Å². The van der Waals surface area contributed by atoms with E-state index in [2.05, 4.69) is 60.5 Å². The summed E-state index contributed by atoms with van der Waals surface area (Å²) in [6.07, 6.45) is 5.32. The van der Waals surface area contributed by atoms with E-state index in [1.807, 2.05) is 0 Å². The van der Waals surface area contributed by atoms with E-state index >= 15 is 0 Å². The molecule has 0 unspecified atom stereocenters. The zero-order valence-corrected chi connectivity index (χ0v) is 13.2. The highest BCUT2D eigenvalue weighted by molar-refractivity contribution is 5.73. The van der Waals surface area contributed by atoms with E-state index in [0.717, 1.165) is 12.3 Å². The standard InChI is InChI=1S/C20H23NO/c1-21-14-15-8-2-3-9-16(15)17-10-4-6-12-19(17)22-20-13-7-5-11-18(20)21/h2-4,6,8-10,12,18,20H,5,7,11,13-14H2,1H3/t18-,20-/m0/s1. The molecule has 2 atom stereocenters. The van der Waals surface area contributed by atoms with Crippen molar-refractivity contribution in [3.05, 3.63) is 54.1 Å². The first-order chi connectivity index (χ1) is 10.8. The molecule has 1 heterocycles. The Morgan fingerprint density at radius 3 is 2.55 bits per heavy atom. The van der Waals surface area contributed by atoms with Crippen molar-refractivity contribution in [2.45, 2.75) is 44.4 Å². The molecule has 2 aromatic rings. The number of hydrogen-bond donors (Lipinski definition) is 0. The summed E-state index contributed by atoms with van der Waals surface area (Å²) in [4.78, 5) is 2.49. The van der Waals surface area contributed by atoms with Gasteiger partial charge in [0.25, 0.3) is 0 Å². The molecule has 114 valence electrons. The molecule has 22 heavy (non-hydrogen) atoms. The van der Waals surface area contributed by atoms with E-state index in [0.29, 0.717) is 12.1 Å². The summed E-state index contributed by atoms with van der Waals surface area (Å²) >= 11 is 0. The number of nitrogens with zero attached hydrogens (tertiary/aromatic N) is 1. The Morgan fingerprint density at radius 2 is 1.64 bits per heavy atom. The molecular weight excluding hydrogens is 270 g/mol. The number of fused-ring (bicyclic) bond motifs is 4. The predicted molar refractivity (Wildman–Crippen MR) is 90.0 cm³/mol. The second-order valence-electron chi connectivity index (χ2n) is 6.58. The molecule has 0 N–H and O–H groups in total. The molecule has 2 heteroatoms. The lowest BCUT2D eigenvalue weighted by Crippen LogP contribution is -2.45. The molecule has 0 saturated heterocycles. The number of benzene rings is 2. The summed E-state index contributed by atoms with van der Waals surface area (Å²) in [5.74, 6) is 1.04. The molecule has 1 aliphatic carbocycles. The molecule has 2 nitrogen and oxygen atoms in total. The number of para-hydroxylation sites is 1. The second-order valence-corrected chi connectivity index (χ2v) is 6.58. The molecule has 1 aliphatic heterocycles. The third-order valence-electron chi connectivity index (χ3n) is 5.13. The Hall–Kier alpha value is -1.80. The first-order valence-corrected chi connectivity index (χ1v) is 8.37. The lowest BCUT2D eigenvalue weighted by molar-refractivity contribution is 0.0474. The van der Waals surface area contributed by atoms with E-state index in [4.69, 9.17) is 4.74 Å². The normalized spacial score (nSPS) is 24.8. The van der Waals surface area contributed by atoms with Gasteiger partial charge in [-0.05, 0) is 43.5 Å². The molecule has 2 aromatic carbocycles. The van der Waals surface area contributed by atoms with Crippen LogP contribution in [0, 0.1) is 0 Å². The summed E-state index contributed by atoms with van der Waals surface area (Å²) in [5, 5.41) is 0. The van der Waals surface area contributed by atoms with Crippen molar-refractivity contribution >= 4 is 0 Å². The largest absolute Gasteiger partial charge is 0.488 e. The van der Waals surface area contributed by atoms with Crippen molar-refractivity contribution in [1.82, 2.24) is 4.90 Å². The zero-order valence-electron chi connectivity index (χ0n) is 13.2. The first-order valence-electron chi connectivity index (χ1n) is 8.37. The van der Waals surface area contributed by atoms with Crippen molar-refractivity contribution in [3.8, 4) is 16.9 Å². The van der Waals surface area contributed by atoms with Crippen LogP contribution in [-0.2, 0) is 6.54 Å². The SMILES string of the molecule is CN1Cc2ccccc2-c2ccccc2O[C@H]2CCCC[C@@H]21. The molecular formula is C20H23NO. The van der Waals surface area contributed by atoms with Gasteiger partial charge in [-0.15, -0.1) is 0 Å². The van der Waals surface area contributed by atoms with Crippen molar-refractivity contribution in [2.24, 2.45) is 0 Å². The van der Waals surface area contributed by atoms with Crippen molar-refractivity contribution in [1.29, 1.82) is 0 Å². The average Bonchev–Trinajstić information content (AvgIpc) is 2.61. The average molecular weight is 293 g/mol. The maximum Gasteiger partial charge on any atom is 0.127 e. The van der Waals surface area contributed by atoms with Crippen LogP contribution in [0.4, 0.5) is 0 Å². The van der Waals surface area contributed by atoms with Crippen LogP contribution in [0.25, 0.3) is 11.1 Å². The van der Waals surface area contributed by atoms with Crippen molar-refractivity contribution < 1.29 is 4.74 Å². The van der Waals surface area contributed by atoms with Crippen molar-refractivity contribution in [2.75, 3.05) is 7.05 Å². The van der Waals surface area contributed by atoms with Gasteiger partial charge in [0.15, 0.2) is 0 Å². The van der Waals surface area contributed by atoms with E-state index in [1.165, 1.54) is 42.4 Å². The van der Waals surface area contributed by atoms with E-state index in [-0.39, 0.29) is 0 Å². The highest BCUT2D eigenvalue weighted by atomic mass is 16.5. The van der Waals surface area contributed by atoms with Gasteiger partial charge in [-0.1, -0.05) is 48.9 Å². The molecule has 0 spiro atoms. The number of rotatable bonds is 0. The third kappa shape index (κ3) is 2.42. The van der Waals surface area contributed by atoms with Crippen LogP contribution >= 0.6 is 0 Å². The fourth-order valence-corrected chi connectivity index (χ4v) is 3.98. The number of hydrogen-bond acceptors (Lipinski definition) is 2. The highest BCUT2D eigenvalue weighted by Crippen LogP contribution is 2.37.